The number of nitrogens with zero attached hydrogens (tertiary/aromatic N) is 4. The van der Waals surface area contributed by atoms with Crippen molar-refractivity contribution in [3.63, 3.8) is 0 Å². The Morgan fingerprint density at radius 3 is 2.67 bits per heavy atom. The van der Waals surface area contributed by atoms with Gasteiger partial charge in [-0.3, -0.25) is 0 Å². The molecule has 0 aliphatic carbocycles. The summed E-state index contributed by atoms with van der Waals surface area (Å²) in [7, 11) is 0. The van der Waals surface area contributed by atoms with Crippen molar-refractivity contribution in [1.82, 2.24) is 9.97 Å². The minimum Gasteiger partial charge on any atom is -0.369 e. The smallest absolute Gasteiger partial charge is 0.159 e. The van der Waals surface area contributed by atoms with Crippen molar-refractivity contribution >= 4 is 18.1 Å². The van der Waals surface area contributed by atoms with Gasteiger partial charge in [0.05, 0.1) is 11.3 Å². The maximum Gasteiger partial charge on any atom is 0.159 e. The fourth-order valence-corrected chi connectivity index (χ4v) is 2.49. The first-order valence-corrected chi connectivity index (χ1v) is 6.60. The molecule has 3 rings (SSSR count). The molecule has 1 saturated heterocycles. The number of anilines is 1. The summed E-state index contributed by atoms with van der Waals surface area (Å²) in [5, 5.41) is 9.37. The van der Waals surface area contributed by atoms with Gasteiger partial charge in [0, 0.05) is 37.1 Å². The molecule has 0 bridgehead atoms. The third-order valence-electron chi connectivity index (χ3n) is 3.51. The fraction of sp³-hybridized carbons (Fsp3) is 0.267. The van der Waals surface area contributed by atoms with Crippen LogP contribution in [-0.4, -0.2) is 29.1 Å². The van der Waals surface area contributed by atoms with Gasteiger partial charge in [-0.1, -0.05) is 0 Å². The lowest BCUT2D eigenvalue weighted by Crippen LogP contribution is -2.26. The lowest BCUT2D eigenvalue weighted by atomic mass is 10.1. The molecule has 1 aromatic carbocycles. The molecule has 1 aliphatic rings. The Morgan fingerprint density at radius 1 is 1.29 bits per heavy atom. The van der Waals surface area contributed by atoms with E-state index in [0.29, 0.717) is 11.4 Å². The van der Waals surface area contributed by atoms with Crippen LogP contribution in [0.1, 0.15) is 12.0 Å². The molecule has 2 N–H and O–H groups in total. The topological polar surface area (TPSA) is 78.8 Å². The molecular formula is C15H16ClN5. The van der Waals surface area contributed by atoms with Crippen molar-refractivity contribution in [2.75, 3.05) is 18.0 Å². The average Bonchev–Trinajstić information content (AvgIpc) is 2.94. The highest BCUT2D eigenvalue weighted by atomic mass is 35.5. The first-order valence-electron chi connectivity index (χ1n) is 6.60. The number of halogens is 1. The summed E-state index contributed by atoms with van der Waals surface area (Å²) in [5.74, 6) is 0.633. The Morgan fingerprint density at radius 2 is 2.05 bits per heavy atom. The number of hydrogen-bond acceptors (Lipinski definition) is 5. The molecular weight excluding hydrogens is 286 g/mol. The van der Waals surface area contributed by atoms with Crippen LogP contribution in [0.15, 0.2) is 36.7 Å². The second-order valence-electron chi connectivity index (χ2n) is 4.91. The lowest BCUT2D eigenvalue weighted by molar-refractivity contribution is 0.752. The SMILES string of the molecule is Cl.N#Cc1cc(-c2ncccn2)ccc1N1CCC(N)C1. The van der Waals surface area contributed by atoms with Crippen molar-refractivity contribution in [3.8, 4) is 17.5 Å². The molecule has 21 heavy (non-hydrogen) atoms. The summed E-state index contributed by atoms with van der Waals surface area (Å²) >= 11 is 0. The maximum absolute atomic E-state index is 9.37. The van der Waals surface area contributed by atoms with Crippen molar-refractivity contribution in [1.29, 1.82) is 5.26 Å². The van der Waals surface area contributed by atoms with Gasteiger partial charge in [0.15, 0.2) is 5.82 Å². The van der Waals surface area contributed by atoms with Crippen molar-refractivity contribution in [2.45, 2.75) is 12.5 Å². The molecule has 6 heteroatoms. The van der Waals surface area contributed by atoms with E-state index in [1.165, 1.54) is 0 Å². The number of rotatable bonds is 2. The van der Waals surface area contributed by atoms with Crippen molar-refractivity contribution in [2.24, 2.45) is 5.73 Å². The van der Waals surface area contributed by atoms with E-state index >= 15 is 0 Å². The van der Waals surface area contributed by atoms with E-state index in [1.54, 1.807) is 18.5 Å². The highest BCUT2D eigenvalue weighted by Gasteiger charge is 2.21. The Kier molecular flexibility index (Phi) is 4.73. The Bertz CT molecular complexity index is 653. The second-order valence-corrected chi connectivity index (χ2v) is 4.91. The standard InChI is InChI=1S/C15H15N5.ClH/c16-9-12-8-11(15-18-5-1-6-19-15)2-3-14(12)20-7-4-13(17)10-20;/h1-3,5-6,8,13H,4,7,10,17H2;1H. The van der Waals surface area contributed by atoms with E-state index in [4.69, 9.17) is 5.73 Å². The zero-order valence-corrected chi connectivity index (χ0v) is 12.3. The Hall–Kier alpha value is -2.16. The van der Waals surface area contributed by atoms with Crippen LogP contribution in [0.3, 0.4) is 0 Å². The molecule has 1 atom stereocenters. The molecule has 2 aromatic rings. The van der Waals surface area contributed by atoms with Crippen molar-refractivity contribution in [3.05, 3.63) is 42.2 Å². The van der Waals surface area contributed by atoms with Crippen LogP contribution in [0.2, 0.25) is 0 Å². The van der Waals surface area contributed by atoms with Gasteiger partial charge in [0.1, 0.15) is 6.07 Å². The van der Waals surface area contributed by atoms with E-state index in [2.05, 4.69) is 20.9 Å². The predicted molar refractivity (Wildman–Crippen MR) is 84.2 cm³/mol. The minimum absolute atomic E-state index is 0. The van der Waals surface area contributed by atoms with Crippen LogP contribution in [0.4, 0.5) is 5.69 Å². The summed E-state index contributed by atoms with van der Waals surface area (Å²) in [5.41, 5.74) is 8.37. The zero-order chi connectivity index (χ0) is 13.9. The Labute approximate surface area is 129 Å². The van der Waals surface area contributed by atoms with Crippen LogP contribution in [0.25, 0.3) is 11.4 Å². The van der Waals surface area contributed by atoms with Gasteiger partial charge in [0.2, 0.25) is 0 Å². The molecule has 1 unspecified atom stereocenters. The molecule has 0 saturated carbocycles. The number of benzene rings is 1. The van der Waals surface area contributed by atoms with Gasteiger partial charge < -0.3 is 10.6 Å². The Balaban J connectivity index is 0.00000161. The van der Waals surface area contributed by atoms with Crippen LogP contribution >= 0.6 is 12.4 Å². The largest absolute Gasteiger partial charge is 0.369 e. The minimum atomic E-state index is 0. The van der Waals surface area contributed by atoms with Crippen molar-refractivity contribution < 1.29 is 0 Å². The van der Waals surface area contributed by atoms with Crippen LogP contribution in [-0.2, 0) is 0 Å². The van der Waals surface area contributed by atoms with Gasteiger partial charge >= 0.3 is 0 Å². The van der Waals surface area contributed by atoms with Crippen LogP contribution in [0.5, 0.6) is 0 Å². The molecule has 1 aliphatic heterocycles. The summed E-state index contributed by atoms with van der Waals surface area (Å²) < 4.78 is 0. The first kappa shape index (κ1) is 15.2. The maximum atomic E-state index is 9.37. The number of aromatic nitrogens is 2. The number of nitrogens with two attached hydrogens (primary N) is 1. The lowest BCUT2D eigenvalue weighted by Gasteiger charge is -2.19. The quantitative estimate of drug-likeness (QED) is 0.917. The molecule has 0 amide bonds. The fourth-order valence-electron chi connectivity index (χ4n) is 2.49. The molecule has 1 aromatic heterocycles. The summed E-state index contributed by atoms with van der Waals surface area (Å²) in [6, 6.07) is 9.98. The first-order chi connectivity index (χ1) is 9.78. The van der Waals surface area contributed by atoms with Crippen LogP contribution in [0, 0.1) is 11.3 Å². The molecule has 0 radical (unpaired) electrons. The molecule has 108 valence electrons. The van der Waals surface area contributed by atoms with Gasteiger partial charge in [-0.2, -0.15) is 5.26 Å². The van der Waals surface area contributed by atoms with E-state index in [1.807, 2.05) is 18.2 Å². The number of hydrogen-bond donors (Lipinski definition) is 1. The third-order valence-corrected chi connectivity index (χ3v) is 3.51. The second kappa shape index (κ2) is 6.53. The normalized spacial score (nSPS) is 17.1. The molecule has 2 heterocycles. The molecule has 5 nitrogen and oxygen atoms in total. The summed E-state index contributed by atoms with van der Waals surface area (Å²) in [4.78, 5) is 10.6. The average molecular weight is 302 g/mol. The molecule has 0 spiro atoms. The van der Waals surface area contributed by atoms with Crippen LogP contribution < -0.4 is 10.6 Å². The van der Waals surface area contributed by atoms with E-state index in [9.17, 15) is 5.26 Å². The zero-order valence-electron chi connectivity index (χ0n) is 11.4. The van der Waals surface area contributed by atoms with Gasteiger partial charge in [0.25, 0.3) is 0 Å². The highest BCUT2D eigenvalue weighted by Crippen LogP contribution is 2.27. The summed E-state index contributed by atoms with van der Waals surface area (Å²) in [6.45, 7) is 1.70. The van der Waals surface area contributed by atoms with E-state index < -0.39 is 0 Å². The van der Waals surface area contributed by atoms with E-state index in [-0.39, 0.29) is 18.4 Å². The van der Waals surface area contributed by atoms with Gasteiger partial charge in [-0.15, -0.1) is 12.4 Å². The van der Waals surface area contributed by atoms with Gasteiger partial charge in [-0.05, 0) is 30.7 Å². The monoisotopic (exact) mass is 301 g/mol. The van der Waals surface area contributed by atoms with E-state index in [0.717, 1.165) is 30.8 Å². The van der Waals surface area contributed by atoms with Gasteiger partial charge in [-0.25, -0.2) is 9.97 Å². The highest BCUT2D eigenvalue weighted by molar-refractivity contribution is 5.85. The molecule has 1 fully saturated rings. The number of nitriles is 1. The predicted octanol–water partition coefficient (Wildman–Crippen LogP) is 1.97. The third kappa shape index (κ3) is 3.13. The summed E-state index contributed by atoms with van der Waals surface area (Å²) in [6.07, 6.45) is 4.36.